The van der Waals surface area contributed by atoms with Crippen LogP contribution < -0.4 is 10.1 Å². The molecule has 2 atom stereocenters. The van der Waals surface area contributed by atoms with Gasteiger partial charge in [-0.15, -0.1) is 0 Å². The first-order valence-electron chi connectivity index (χ1n) is 7.30. The quantitative estimate of drug-likeness (QED) is 0.907. The largest absolute Gasteiger partial charge is 0.486 e. The van der Waals surface area contributed by atoms with Gasteiger partial charge in [-0.1, -0.05) is 18.2 Å². The van der Waals surface area contributed by atoms with E-state index >= 15 is 0 Å². The summed E-state index contributed by atoms with van der Waals surface area (Å²) in [5, 5.41) is 3.65. The minimum atomic E-state index is -0.196. The van der Waals surface area contributed by atoms with Gasteiger partial charge in [0.2, 0.25) is 0 Å². The molecule has 1 aromatic carbocycles. The van der Waals surface area contributed by atoms with E-state index in [1.54, 1.807) is 0 Å². The first-order chi connectivity index (χ1) is 9.17. The molecule has 19 heavy (non-hydrogen) atoms. The average molecular weight is 261 g/mol. The summed E-state index contributed by atoms with van der Waals surface area (Å²) in [4.78, 5) is 0. The summed E-state index contributed by atoms with van der Waals surface area (Å²) in [6, 6.07) is 8.56. The summed E-state index contributed by atoms with van der Waals surface area (Å²) in [7, 11) is 0. The van der Waals surface area contributed by atoms with Crippen LogP contribution in [0.15, 0.2) is 24.3 Å². The van der Waals surface area contributed by atoms with Crippen molar-refractivity contribution >= 4 is 0 Å². The first-order valence-corrected chi connectivity index (χ1v) is 7.30. The van der Waals surface area contributed by atoms with Crippen LogP contribution in [0.1, 0.15) is 44.7 Å². The van der Waals surface area contributed by atoms with Crippen LogP contribution >= 0.6 is 0 Å². The Morgan fingerprint density at radius 3 is 2.89 bits per heavy atom. The molecule has 0 aliphatic carbocycles. The molecular weight excluding hydrogens is 238 g/mol. The lowest BCUT2D eigenvalue weighted by Crippen LogP contribution is -2.43. The van der Waals surface area contributed by atoms with E-state index in [4.69, 9.17) is 9.47 Å². The first kappa shape index (κ1) is 12.9. The SMILES string of the molecule is CC1(C)Oc2ccccc2C1NCC1CCCCO1. The zero-order valence-electron chi connectivity index (χ0n) is 11.8. The van der Waals surface area contributed by atoms with Crippen molar-refractivity contribution in [1.29, 1.82) is 0 Å². The molecule has 0 bridgehead atoms. The Morgan fingerprint density at radius 2 is 2.11 bits per heavy atom. The molecule has 0 radical (unpaired) electrons. The fourth-order valence-electron chi connectivity index (χ4n) is 3.10. The highest BCUT2D eigenvalue weighted by Crippen LogP contribution is 2.42. The monoisotopic (exact) mass is 261 g/mol. The molecule has 3 heteroatoms. The molecule has 0 amide bonds. The van der Waals surface area contributed by atoms with E-state index in [1.807, 2.05) is 6.07 Å². The van der Waals surface area contributed by atoms with Gasteiger partial charge in [0.25, 0.3) is 0 Å². The van der Waals surface area contributed by atoms with Crippen LogP contribution in [0.4, 0.5) is 0 Å². The van der Waals surface area contributed by atoms with E-state index in [9.17, 15) is 0 Å². The van der Waals surface area contributed by atoms with E-state index in [0.29, 0.717) is 6.10 Å². The predicted octanol–water partition coefficient (Wildman–Crippen LogP) is 3.06. The van der Waals surface area contributed by atoms with Crippen LogP contribution in [0.5, 0.6) is 5.75 Å². The summed E-state index contributed by atoms with van der Waals surface area (Å²) in [5.74, 6) is 1.01. The van der Waals surface area contributed by atoms with E-state index in [0.717, 1.165) is 18.9 Å². The van der Waals surface area contributed by atoms with E-state index in [1.165, 1.54) is 24.8 Å². The van der Waals surface area contributed by atoms with Gasteiger partial charge in [0, 0.05) is 18.7 Å². The van der Waals surface area contributed by atoms with Crippen molar-refractivity contribution in [1.82, 2.24) is 5.32 Å². The van der Waals surface area contributed by atoms with Crippen LogP contribution in [-0.2, 0) is 4.74 Å². The van der Waals surface area contributed by atoms with Crippen LogP contribution in [-0.4, -0.2) is 24.9 Å². The molecule has 0 spiro atoms. The number of ether oxygens (including phenoxy) is 2. The van der Waals surface area contributed by atoms with Gasteiger partial charge in [0.1, 0.15) is 11.4 Å². The highest BCUT2D eigenvalue weighted by Gasteiger charge is 2.40. The summed E-state index contributed by atoms with van der Waals surface area (Å²) < 4.78 is 11.8. The van der Waals surface area contributed by atoms with Crippen LogP contribution in [0.2, 0.25) is 0 Å². The Morgan fingerprint density at radius 1 is 1.26 bits per heavy atom. The normalized spacial score (nSPS) is 28.7. The van der Waals surface area contributed by atoms with Crippen LogP contribution in [0.3, 0.4) is 0 Å². The molecule has 2 heterocycles. The zero-order valence-corrected chi connectivity index (χ0v) is 11.8. The number of benzene rings is 1. The maximum absolute atomic E-state index is 6.04. The fraction of sp³-hybridized carbons (Fsp3) is 0.625. The number of para-hydroxylation sites is 1. The van der Waals surface area contributed by atoms with Gasteiger partial charge in [-0.25, -0.2) is 0 Å². The maximum atomic E-state index is 6.04. The van der Waals surface area contributed by atoms with E-state index in [2.05, 4.69) is 37.4 Å². The Balaban J connectivity index is 1.68. The third-order valence-electron chi connectivity index (χ3n) is 4.12. The average Bonchev–Trinajstić information content (AvgIpc) is 2.67. The molecule has 104 valence electrons. The van der Waals surface area contributed by atoms with Crippen molar-refractivity contribution in [3.8, 4) is 5.75 Å². The number of nitrogens with one attached hydrogen (secondary N) is 1. The van der Waals surface area contributed by atoms with Gasteiger partial charge in [-0.3, -0.25) is 0 Å². The molecule has 3 nitrogen and oxygen atoms in total. The third-order valence-corrected chi connectivity index (χ3v) is 4.12. The van der Waals surface area contributed by atoms with Crippen molar-refractivity contribution in [2.45, 2.75) is 50.9 Å². The fourth-order valence-corrected chi connectivity index (χ4v) is 3.10. The second kappa shape index (κ2) is 5.14. The minimum Gasteiger partial charge on any atom is -0.486 e. The Kier molecular flexibility index (Phi) is 3.50. The van der Waals surface area contributed by atoms with Crippen molar-refractivity contribution in [2.75, 3.05) is 13.2 Å². The number of rotatable bonds is 3. The second-order valence-corrected chi connectivity index (χ2v) is 6.07. The lowest BCUT2D eigenvalue weighted by molar-refractivity contribution is 0.00946. The molecule has 1 fully saturated rings. The summed E-state index contributed by atoms with van der Waals surface area (Å²) >= 11 is 0. The van der Waals surface area contributed by atoms with Crippen LogP contribution in [0, 0.1) is 0 Å². The van der Waals surface area contributed by atoms with Crippen molar-refractivity contribution in [2.24, 2.45) is 0 Å². The van der Waals surface area contributed by atoms with Gasteiger partial charge in [-0.2, -0.15) is 0 Å². The minimum absolute atomic E-state index is 0.196. The Labute approximate surface area is 115 Å². The van der Waals surface area contributed by atoms with Gasteiger partial charge < -0.3 is 14.8 Å². The van der Waals surface area contributed by atoms with Crippen molar-refractivity contribution in [3.63, 3.8) is 0 Å². The topological polar surface area (TPSA) is 30.5 Å². The van der Waals surface area contributed by atoms with Crippen molar-refractivity contribution in [3.05, 3.63) is 29.8 Å². The van der Waals surface area contributed by atoms with E-state index in [-0.39, 0.29) is 11.6 Å². The summed E-state index contributed by atoms with van der Waals surface area (Å²) in [6.07, 6.45) is 4.02. The Hall–Kier alpha value is -1.06. The van der Waals surface area contributed by atoms with Gasteiger partial charge in [-0.05, 0) is 39.2 Å². The molecule has 1 saturated heterocycles. The summed E-state index contributed by atoms with van der Waals surface area (Å²) in [6.45, 7) is 6.11. The maximum Gasteiger partial charge on any atom is 0.125 e. The third kappa shape index (κ3) is 2.63. The highest BCUT2D eigenvalue weighted by atomic mass is 16.5. The second-order valence-electron chi connectivity index (χ2n) is 6.07. The number of fused-ring (bicyclic) bond motifs is 1. The molecule has 2 aliphatic rings. The van der Waals surface area contributed by atoms with E-state index < -0.39 is 0 Å². The van der Waals surface area contributed by atoms with Gasteiger partial charge in [0.15, 0.2) is 0 Å². The smallest absolute Gasteiger partial charge is 0.125 e. The standard InChI is InChI=1S/C16H23NO2/c1-16(2)15(13-8-3-4-9-14(13)19-16)17-11-12-7-5-6-10-18-12/h3-4,8-9,12,15,17H,5-7,10-11H2,1-2H3. The number of hydrogen-bond donors (Lipinski definition) is 1. The number of hydrogen-bond acceptors (Lipinski definition) is 3. The van der Waals surface area contributed by atoms with Crippen molar-refractivity contribution < 1.29 is 9.47 Å². The zero-order chi connectivity index (χ0) is 13.3. The molecule has 3 rings (SSSR count). The summed E-state index contributed by atoms with van der Waals surface area (Å²) in [5.41, 5.74) is 1.07. The molecule has 2 unspecified atom stereocenters. The lowest BCUT2D eigenvalue weighted by Gasteiger charge is -2.30. The molecule has 0 aromatic heterocycles. The molecule has 0 saturated carbocycles. The lowest BCUT2D eigenvalue weighted by atomic mass is 9.94. The van der Waals surface area contributed by atoms with Gasteiger partial charge >= 0.3 is 0 Å². The molecule has 1 N–H and O–H groups in total. The Bertz CT molecular complexity index is 438. The highest BCUT2D eigenvalue weighted by molar-refractivity contribution is 5.42. The predicted molar refractivity (Wildman–Crippen MR) is 75.5 cm³/mol. The molecule has 1 aromatic rings. The molecular formula is C16H23NO2. The molecule has 2 aliphatic heterocycles. The van der Waals surface area contributed by atoms with Crippen LogP contribution in [0.25, 0.3) is 0 Å². The van der Waals surface area contributed by atoms with Gasteiger partial charge in [0.05, 0.1) is 12.1 Å².